The number of anilines is 1. The van der Waals surface area contributed by atoms with E-state index < -0.39 is 11.8 Å². The van der Waals surface area contributed by atoms with E-state index in [4.69, 9.17) is 4.52 Å². The number of alkyl halides is 2. The minimum absolute atomic E-state index is 0.0197. The van der Waals surface area contributed by atoms with Crippen molar-refractivity contribution in [2.45, 2.75) is 58.3 Å². The number of amides is 1. The Bertz CT molecular complexity index is 1040. The maximum atomic E-state index is 13.4. The molecule has 3 aliphatic rings. The lowest BCUT2D eigenvalue weighted by molar-refractivity contribution is -0.119. The number of halogens is 4. The average Bonchev–Trinajstić information content (AvgIpc) is 3.23. The first kappa shape index (κ1) is 25.2. The predicted molar refractivity (Wildman–Crippen MR) is 124 cm³/mol. The van der Waals surface area contributed by atoms with E-state index in [2.05, 4.69) is 32.6 Å². The van der Waals surface area contributed by atoms with Crippen LogP contribution in [0.25, 0.3) is 5.57 Å². The molecule has 3 aliphatic carbocycles. The summed E-state index contributed by atoms with van der Waals surface area (Å²) in [5.74, 6) is -3.38. The summed E-state index contributed by atoms with van der Waals surface area (Å²) in [5.41, 5.74) is 3.02. The zero-order valence-corrected chi connectivity index (χ0v) is 20.3. The molecule has 1 aromatic carbocycles. The Morgan fingerprint density at radius 1 is 1.39 bits per heavy atom. The number of allylic oxidation sites excluding steroid dienone is 2. The number of carbonyl (C=O) groups excluding carboxylic acids is 1. The molecule has 0 unspecified atom stereocenters. The van der Waals surface area contributed by atoms with E-state index >= 15 is 0 Å². The molecule has 5 rings (SSSR count). The van der Waals surface area contributed by atoms with Crippen LogP contribution in [0.1, 0.15) is 64.1 Å². The molecule has 0 N–H and O–H groups in total. The topological polar surface area (TPSA) is 59.2 Å². The standard InChI is InChI=1S/C22H24BrF2N3O2.C2H3F/c1-3-5-18(29)28(16-7-4-6-15(23)10-16)13-22-9-8-17(14(11-22)12-22)19-26-20(30-27-19)21(2,24)25;1-2-3/h4,6-7,10H,3,5,8-9,11-13H2,1-2H3;2H,1H2. The maximum Gasteiger partial charge on any atom is 0.322 e. The van der Waals surface area contributed by atoms with Gasteiger partial charge >= 0.3 is 5.92 Å². The number of rotatable bonds is 7. The van der Waals surface area contributed by atoms with Crippen LogP contribution in [-0.2, 0) is 10.7 Å². The molecule has 0 saturated heterocycles. The van der Waals surface area contributed by atoms with E-state index in [1.165, 1.54) is 5.57 Å². The Morgan fingerprint density at radius 2 is 2.09 bits per heavy atom. The van der Waals surface area contributed by atoms with Crippen molar-refractivity contribution >= 4 is 33.1 Å². The van der Waals surface area contributed by atoms with Gasteiger partial charge in [-0.15, -0.1) is 0 Å². The Labute approximate surface area is 199 Å². The molecule has 1 fully saturated rings. The summed E-state index contributed by atoms with van der Waals surface area (Å²) in [4.78, 5) is 18.7. The molecule has 2 aromatic rings. The normalized spacial score (nSPS) is 16.4. The van der Waals surface area contributed by atoms with Gasteiger partial charge in [-0.05, 0) is 61.3 Å². The van der Waals surface area contributed by atoms with Crippen LogP contribution in [0.4, 0.5) is 18.9 Å². The molecular weight excluding hydrogens is 499 g/mol. The number of aromatic nitrogens is 2. The molecule has 9 heteroatoms. The van der Waals surface area contributed by atoms with Gasteiger partial charge in [0.05, 0.1) is 6.33 Å². The van der Waals surface area contributed by atoms with Gasteiger partial charge in [-0.1, -0.05) is 46.2 Å². The monoisotopic (exact) mass is 525 g/mol. The lowest BCUT2D eigenvalue weighted by Gasteiger charge is -2.51. The van der Waals surface area contributed by atoms with Crippen LogP contribution in [0.2, 0.25) is 0 Å². The lowest BCUT2D eigenvalue weighted by Crippen LogP contribution is -2.48. The van der Waals surface area contributed by atoms with Gasteiger partial charge in [0.1, 0.15) is 0 Å². The Balaban J connectivity index is 0.000000968. The van der Waals surface area contributed by atoms with Crippen molar-refractivity contribution in [3.8, 4) is 0 Å². The first-order valence-electron chi connectivity index (χ1n) is 10.8. The van der Waals surface area contributed by atoms with Crippen LogP contribution in [-0.4, -0.2) is 22.6 Å². The summed E-state index contributed by atoms with van der Waals surface area (Å²) in [6.07, 6.45) is 4.79. The zero-order chi connectivity index (χ0) is 24.2. The van der Waals surface area contributed by atoms with Gasteiger partial charge in [-0.3, -0.25) is 4.79 Å². The summed E-state index contributed by atoms with van der Waals surface area (Å²) in [5, 5.41) is 3.78. The molecule has 1 aromatic heterocycles. The summed E-state index contributed by atoms with van der Waals surface area (Å²) in [7, 11) is 0. The fraction of sp³-hybridized carbons (Fsp3) is 0.458. The van der Waals surface area contributed by atoms with E-state index in [0.717, 1.165) is 48.3 Å². The van der Waals surface area contributed by atoms with Gasteiger partial charge in [0.2, 0.25) is 5.91 Å². The molecule has 0 radical (unpaired) electrons. The summed E-state index contributed by atoms with van der Waals surface area (Å²) >= 11 is 3.50. The van der Waals surface area contributed by atoms with Crippen molar-refractivity contribution in [1.29, 1.82) is 0 Å². The third-order valence-corrected chi connectivity index (χ3v) is 6.45. The summed E-state index contributed by atoms with van der Waals surface area (Å²) in [6, 6.07) is 7.82. The molecule has 0 atom stereocenters. The highest BCUT2D eigenvalue weighted by Gasteiger charge is 2.48. The second-order valence-electron chi connectivity index (χ2n) is 8.61. The molecule has 0 spiro atoms. The van der Waals surface area contributed by atoms with Crippen molar-refractivity contribution in [3.05, 3.63) is 58.9 Å². The van der Waals surface area contributed by atoms with E-state index in [-0.39, 0.29) is 23.5 Å². The fourth-order valence-corrected chi connectivity index (χ4v) is 4.83. The minimum atomic E-state index is -3.14. The largest absolute Gasteiger partial charge is 0.332 e. The van der Waals surface area contributed by atoms with Crippen LogP contribution >= 0.6 is 15.9 Å². The molecule has 33 heavy (non-hydrogen) atoms. The van der Waals surface area contributed by atoms with Gasteiger partial charge in [0.15, 0.2) is 5.82 Å². The molecule has 5 nitrogen and oxygen atoms in total. The van der Waals surface area contributed by atoms with Gasteiger partial charge in [-0.2, -0.15) is 13.8 Å². The molecule has 1 saturated carbocycles. The van der Waals surface area contributed by atoms with Crippen LogP contribution in [0, 0.1) is 5.41 Å². The smallest absolute Gasteiger partial charge is 0.322 e. The first-order chi connectivity index (χ1) is 15.6. The predicted octanol–water partition coefficient (Wildman–Crippen LogP) is 7.20. The highest BCUT2D eigenvalue weighted by Crippen LogP contribution is 2.57. The van der Waals surface area contributed by atoms with Crippen molar-refractivity contribution in [3.63, 3.8) is 0 Å². The minimum Gasteiger partial charge on any atom is -0.332 e. The van der Waals surface area contributed by atoms with Crippen molar-refractivity contribution in [2.24, 2.45) is 5.41 Å². The van der Waals surface area contributed by atoms with Crippen LogP contribution in [0.5, 0.6) is 0 Å². The Kier molecular flexibility index (Phi) is 7.82. The van der Waals surface area contributed by atoms with Crippen molar-refractivity contribution in [1.82, 2.24) is 10.1 Å². The van der Waals surface area contributed by atoms with Gasteiger partial charge in [0, 0.05) is 30.0 Å². The van der Waals surface area contributed by atoms with E-state index in [1.807, 2.05) is 36.1 Å². The number of benzene rings is 1. The second-order valence-corrected chi connectivity index (χ2v) is 9.53. The van der Waals surface area contributed by atoms with Crippen LogP contribution < -0.4 is 4.90 Å². The van der Waals surface area contributed by atoms with Crippen LogP contribution in [0.3, 0.4) is 0 Å². The molecule has 2 bridgehead atoms. The van der Waals surface area contributed by atoms with E-state index in [1.54, 1.807) is 0 Å². The third-order valence-electron chi connectivity index (χ3n) is 5.96. The van der Waals surface area contributed by atoms with Gasteiger partial charge in [0.25, 0.3) is 5.89 Å². The third kappa shape index (κ3) is 5.75. The Hall–Kier alpha value is -2.42. The Morgan fingerprint density at radius 3 is 2.61 bits per heavy atom. The second kappa shape index (κ2) is 10.2. The van der Waals surface area contributed by atoms with E-state index in [9.17, 15) is 18.0 Å². The number of nitrogens with zero attached hydrogens (tertiary/aromatic N) is 3. The highest BCUT2D eigenvalue weighted by atomic mass is 79.9. The molecule has 1 amide bonds. The number of carbonyl (C=O) groups is 1. The van der Waals surface area contributed by atoms with Crippen molar-refractivity contribution < 1.29 is 22.5 Å². The highest BCUT2D eigenvalue weighted by molar-refractivity contribution is 9.10. The molecule has 178 valence electrons. The molecule has 0 aliphatic heterocycles. The van der Waals surface area contributed by atoms with Crippen molar-refractivity contribution in [2.75, 3.05) is 11.4 Å². The fourth-order valence-electron chi connectivity index (χ4n) is 4.45. The zero-order valence-electron chi connectivity index (χ0n) is 18.7. The van der Waals surface area contributed by atoms with E-state index in [0.29, 0.717) is 19.4 Å². The lowest BCUT2D eigenvalue weighted by atomic mass is 9.57. The SMILES string of the molecule is C=CF.CCCC(=O)N(CC12CCC(c3noc(C(C)(F)F)n3)=C(C1)C2)c1cccc(Br)c1. The number of fused-ring (bicyclic) bond motifs is 2. The molecular formula is C24H27BrF3N3O2. The maximum absolute atomic E-state index is 13.4. The van der Waals surface area contributed by atoms with Gasteiger partial charge < -0.3 is 9.42 Å². The first-order valence-corrected chi connectivity index (χ1v) is 11.6. The van der Waals surface area contributed by atoms with Crippen LogP contribution in [0.15, 0.2) is 51.7 Å². The summed E-state index contributed by atoms with van der Waals surface area (Å²) < 4.78 is 42.6. The van der Waals surface area contributed by atoms with Gasteiger partial charge in [-0.25, -0.2) is 4.39 Å². The quantitative estimate of drug-likeness (QED) is 0.383. The number of hydrogen-bond acceptors (Lipinski definition) is 4. The number of hydrogen-bond donors (Lipinski definition) is 0. The molecule has 1 heterocycles. The average molecular weight is 526 g/mol. The summed E-state index contributed by atoms with van der Waals surface area (Å²) in [6.45, 7) is 6.11.